The average Bonchev–Trinajstić information content (AvgIpc) is 2.48. The molecule has 4 heteroatoms. The van der Waals surface area contributed by atoms with E-state index in [9.17, 15) is 5.26 Å². The van der Waals surface area contributed by atoms with Crippen molar-refractivity contribution in [1.29, 1.82) is 5.26 Å². The van der Waals surface area contributed by atoms with Crippen LogP contribution in [0.1, 0.15) is 12.5 Å². The SMILES string of the molecule is CCOc1c(OC)ncc(C#N)c1-c1ccccc1. The van der Waals surface area contributed by atoms with Crippen LogP contribution in [0.5, 0.6) is 11.6 Å². The summed E-state index contributed by atoms with van der Waals surface area (Å²) >= 11 is 0. The van der Waals surface area contributed by atoms with Gasteiger partial charge in [0.15, 0.2) is 5.75 Å². The Labute approximate surface area is 112 Å². The predicted molar refractivity (Wildman–Crippen MR) is 72.1 cm³/mol. The smallest absolute Gasteiger partial charge is 0.257 e. The van der Waals surface area contributed by atoms with Gasteiger partial charge < -0.3 is 9.47 Å². The fourth-order valence-electron chi connectivity index (χ4n) is 1.88. The molecule has 0 radical (unpaired) electrons. The zero-order chi connectivity index (χ0) is 13.7. The molecule has 96 valence electrons. The third-order valence-electron chi connectivity index (χ3n) is 2.67. The quantitative estimate of drug-likeness (QED) is 0.841. The highest BCUT2D eigenvalue weighted by Crippen LogP contribution is 2.38. The molecule has 0 fully saturated rings. The second-order valence-corrected chi connectivity index (χ2v) is 3.80. The van der Waals surface area contributed by atoms with Gasteiger partial charge in [-0.3, -0.25) is 0 Å². The Morgan fingerprint density at radius 3 is 2.58 bits per heavy atom. The van der Waals surface area contributed by atoms with Gasteiger partial charge in [-0.05, 0) is 12.5 Å². The normalized spacial score (nSPS) is 9.74. The third-order valence-corrected chi connectivity index (χ3v) is 2.67. The molecule has 0 aliphatic heterocycles. The summed E-state index contributed by atoms with van der Waals surface area (Å²) in [6.07, 6.45) is 1.50. The largest absolute Gasteiger partial charge is 0.488 e. The van der Waals surface area contributed by atoms with Crippen molar-refractivity contribution in [1.82, 2.24) is 4.98 Å². The summed E-state index contributed by atoms with van der Waals surface area (Å²) in [5.74, 6) is 0.898. The number of nitrogens with zero attached hydrogens (tertiary/aromatic N) is 2. The number of nitriles is 1. The van der Waals surface area contributed by atoms with Gasteiger partial charge in [-0.2, -0.15) is 5.26 Å². The molecule has 1 aromatic carbocycles. The average molecular weight is 254 g/mol. The van der Waals surface area contributed by atoms with E-state index in [0.717, 1.165) is 11.1 Å². The highest BCUT2D eigenvalue weighted by Gasteiger charge is 2.18. The number of ether oxygens (including phenoxy) is 2. The summed E-state index contributed by atoms with van der Waals surface area (Å²) in [4.78, 5) is 4.10. The Morgan fingerprint density at radius 2 is 2.00 bits per heavy atom. The number of benzene rings is 1. The van der Waals surface area contributed by atoms with Crippen molar-refractivity contribution in [3.8, 4) is 28.8 Å². The van der Waals surface area contributed by atoms with Crippen LogP contribution in [0.2, 0.25) is 0 Å². The molecule has 2 aromatic rings. The van der Waals surface area contributed by atoms with E-state index in [-0.39, 0.29) is 0 Å². The van der Waals surface area contributed by atoms with Crippen molar-refractivity contribution in [2.45, 2.75) is 6.92 Å². The van der Waals surface area contributed by atoms with E-state index in [4.69, 9.17) is 9.47 Å². The fourth-order valence-corrected chi connectivity index (χ4v) is 1.88. The number of methoxy groups -OCH3 is 1. The summed E-state index contributed by atoms with van der Waals surface area (Å²) < 4.78 is 10.8. The molecule has 4 nitrogen and oxygen atoms in total. The Bertz CT molecular complexity index is 604. The molecule has 0 atom stereocenters. The van der Waals surface area contributed by atoms with E-state index >= 15 is 0 Å². The maximum absolute atomic E-state index is 9.25. The lowest BCUT2D eigenvalue weighted by atomic mass is 10.0. The molecule has 0 bridgehead atoms. The summed E-state index contributed by atoms with van der Waals surface area (Å²) in [6.45, 7) is 2.36. The number of hydrogen-bond acceptors (Lipinski definition) is 4. The van der Waals surface area contributed by atoms with Crippen molar-refractivity contribution in [3.05, 3.63) is 42.1 Å². The molecule has 0 aliphatic carbocycles. The first-order valence-corrected chi connectivity index (χ1v) is 5.97. The van der Waals surface area contributed by atoms with Crippen molar-refractivity contribution < 1.29 is 9.47 Å². The number of rotatable bonds is 4. The van der Waals surface area contributed by atoms with E-state index in [2.05, 4.69) is 11.1 Å². The summed E-state index contributed by atoms with van der Waals surface area (Å²) in [5.41, 5.74) is 2.09. The van der Waals surface area contributed by atoms with Crippen LogP contribution in [0.15, 0.2) is 36.5 Å². The molecular weight excluding hydrogens is 240 g/mol. The molecule has 0 aliphatic rings. The predicted octanol–water partition coefficient (Wildman–Crippen LogP) is 3.03. The Balaban J connectivity index is 2.71. The molecule has 2 rings (SSSR count). The van der Waals surface area contributed by atoms with Gasteiger partial charge in [-0.15, -0.1) is 0 Å². The maximum atomic E-state index is 9.25. The van der Waals surface area contributed by atoms with Crippen molar-refractivity contribution in [2.75, 3.05) is 13.7 Å². The first-order chi connectivity index (χ1) is 9.31. The van der Waals surface area contributed by atoms with Crippen LogP contribution in [0, 0.1) is 11.3 Å². The van der Waals surface area contributed by atoms with Gasteiger partial charge in [0, 0.05) is 11.8 Å². The zero-order valence-corrected chi connectivity index (χ0v) is 10.9. The van der Waals surface area contributed by atoms with Gasteiger partial charge >= 0.3 is 0 Å². The number of aromatic nitrogens is 1. The third kappa shape index (κ3) is 2.50. The molecular formula is C15H14N2O2. The van der Waals surface area contributed by atoms with Gasteiger partial charge in [0.05, 0.1) is 19.3 Å². The Kier molecular flexibility index (Phi) is 3.99. The number of hydrogen-bond donors (Lipinski definition) is 0. The first kappa shape index (κ1) is 12.9. The Morgan fingerprint density at radius 1 is 1.26 bits per heavy atom. The van der Waals surface area contributed by atoms with Crippen LogP contribution in [-0.4, -0.2) is 18.7 Å². The molecule has 0 saturated carbocycles. The molecule has 0 N–H and O–H groups in total. The highest BCUT2D eigenvalue weighted by atomic mass is 16.5. The monoisotopic (exact) mass is 254 g/mol. The van der Waals surface area contributed by atoms with Crippen LogP contribution in [0.4, 0.5) is 0 Å². The van der Waals surface area contributed by atoms with Crippen LogP contribution >= 0.6 is 0 Å². The van der Waals surface area contributed by atoms with Crippen LogP contribution in [-0.2, 0) is 0 Å². The second kappa shape index (κ2) is 5.87. The van der Waals surface area contributed by atoms with Crippen LogP contribution in [0.25, 0.3) is 11.1 Å². The van der Waals surface area contributed by atoms with Gasteiger partial charge in [0.2, 0.25) is 0 Å². The number of pyridine rings is 1. The zero-order valence-electron chi connectivity index (χ0n) is 10.9. The molecule has 1 heterocycles. The minimum Gasteiger partial charge on any atom is -0.488 e. The molecule has 19 heavy (non-hydrogen) atoms. The van der Waals surface area contributed by atoms with Gasteiger partial charge in [0.25, 0.3) is 5.88 Å². The minimum absolute atomic E-state index is 0.389. The lowest BCUT2D eigenvalue weighted by molar-refractivity contribution is 0.305. The highest BCUT2D eigenvalue weighted by molar-refractivity contribution is 5.78. The summed E-state index contributed by atoms with van der Waals surface area (Å²) in [6, 6.07) is 11.8. The maximum Gasteiger partial charge on any atom is 0.257 e. The summed E-state index contributed by atoms with van der Waals surface area (Å²) in [5, 5.41) is 9.25. The Hall–Kier alpha value is -2.54. The van der Waals surface area contributed by atoms with Gasteiger partial charge in [0.1, 0.15) is 6.07 Å². The minimum atomic E-state index is 0.389. The van der Waals surface area contributed by atoms with Crippen molar-refractivity contribution in [2.24, 2.45) is 0 Å². The lowest BCUT2D eigenvalue weighted by Crippen LogP contribution is -2.01. The lowest BCUT2D eigenvalue weighted by Gasteiger charge is -2.14. The van der Waals surface area contributed by atoms with Crippen molar-refractivity contribution >= 4 is 0 Å². The van der Waals surface area contributed by atoms with E-state index in [0.29, 0.717) is 23.8 Å². The van der Waals surface area contributed by atoms with E-state index in [1.54, 1.807) is 0 Å². The molecule has 1 aromatic heterocycles. The second-order valence-electron chi connectivity index (χ2n) is 3.80. The van der Waals surface area contributed by atoms with Crippen LogP contribution in [0.3, 0.4) is 0 Å². The molecule has 0 saturated heterocycles. The van der Waals surface area contributed by atoms with Crippen molar-refractivity contribution in [3.63, 3.8) is 0 Å². The standard InChI is InChI=1S/C15H14N2O2/c1-3-19-14-13(11-7-5-4-6-8-11)12(9-16)10-17-15(14)18-2/h4-8,10H,3H2,1-2H3. The van der Waals surface area contributed by atoms with E-state index < -0.39 is 0 Å². The summed E-state index contributed by atoms with van der Waals surface area (Å²) in [7, 11) is 1.53. The molecule has 0 unspecified atom stereocenters. The first-order valence-electron chi connectivity index (χ1n) is 5.97. The van der Waals surface area contributed by atoms with Gasteiger partial charge in [-0.1, -0.05) is 30.3 Å². The van der Waals surface area contributed by atoms with Crippen LogP contribution < -0.4 is 9.47 Å². The van der Waals surface area contributed by atoms with E-state index in [1.165, 1.54) is 13.3 Å². The molecule has 0 amide bonds. The fraction of sp³-hybridized carbons (Fsp3) is 0.200. The van der Waals surface area contributed by atoms with Gasteiger partial charge in [-0.25, -0.2) is 4.98 Å². The topological polar surface area (TPSA) is 55.1 Å². The van der Waals surface area contributed by atoms with E-state index in [1.807, 2.05) is 37.3 Å². The molecule has 0 spiro atoms.